The number of aromatic nitrogens is 3. The predicted octanol–water partition coefficient (Wildman–Crippen LogP) is 0.194. The maximum absolute atomic E-state index is 13.2. The molecule has 2 fully saturated rings. The number of carbonyl (C=O) groups is 1. The number of hydrogen-bond donors (Lipinski definition) is 0. The fraction of sp³-hybridized carbons (Fsp3) is 0.824. The molecule has 26 heavy (non-hydrogen) atoms. The summed E-state index contributed by atoms with van der Waals surface area (Å²) in [6.45, 7) is 7.16. The van der Waals surface area contributed by atoms with E-state index in [4.69, 9.17) is 0 Å². The van der Waals surface area contributed by atoms with Gasteiger partial charge in [0.2, 0.25) is 5.82 Å². The van der Waals surface area contributed by atoms with Crippen LogP contribution < -0.4 is 0 Å². The number of aryl methyl sites for hydroxylation is 1. The van der Waals surface area contributed by atoms with Crippen LogP contribution in [-0.2, 0) is 22.8 Å². The topological polar surface area (TPSA) is 88.4 Å². The molecule has 1 amide bonds. The second-order valence-electron chi connectivity index (χ2n) is 8.15. The van der Waals surface area contributed by atoms with Crippen molar-refractivity contribution in [2.45, 2.75) is 51.7 Å². The quantitative estimate of drug-likeness (QED) is 0.743. The highest BCUT2D eigenvalue weighted by molar-refractivity contribution is 7.91. The Morgan fingerprint density at radius 1 is 1.12 bits per heavy atom. The van der Waals surface area contributed by atoms with Crippen LogP contribution in [0.1, 0.15) is 43.1 Å². The molecule has 0 radical (unpaired) electrons. The average molecular weight is 382 g/mol. The molecule has 4 heterocycles. The summed E-state index contributed by atoms with van der Waals surface area (Å²) in [5, 5.41) is 8.33. The Kier molecular flexibility index (Phi) is 4.54. The molecule has 0 aliphatic carbocycles. The molecule has 0 aromatic carbocycles. The van der Waals surface area contributed by atoms with E-state index >= 15 is 0 Å². The monoisotopic (exact) mass is 381 g/mol. The lowest BCUT2D eigenvalue weighted by Crippen LogP contribution is -2.61. The van der Waals surface area contributed by atoms with Crippen molar-refractivity contribution >= 4 is 15.7 Å². The number of fused-ring (bicyclic) bond motifs is 2. The minimum atomic E-state index is -3.13. The Morgan fingerprint density at radius 3 is 2.65 bits per heavy atom. The van der Waals surface area contributed by atoms with Crippen LogP contribution in [-0.4, -0.2) is 82.1 Å². The number of rotatable bonds is 3. The summed E-state index contributed by atoms with van der Waals surface area (Å²) in [6.07, 6.45) is 2.94. The largest absolute Gasteiger partial charge is 0.329 e. The third-order valence-electron chi connectivity index (χ3n) is 5.70. The van der Waals surface area contributed by atoms with Crippen LogP contribution in [0.15, 0.2) is 0 Å². The standard InChI is InChI=1S/C17H27N5O3S/c1-12(2)9-20-7-8-21(14-11-26(24,25)10-13(14)20)17(23)16-19-18-15-5-3-4-6-22(15)16/h12-14H,3-11H2,1-2H3/t13-,14+/m0/s1. The lowest BCUT2D eigenvalue weighted by atomic mass is 10.0. The van der Waals surface area contributed by atoms with E-state index in [-0.39, 0.29) is 29.5 Å². The van der Waals surface area contributed by atoms with Gasteiger partial charge in [-0.2, -0.15) is 0 Å². The number of sulfone groups is 1. The smallest absolute Gasteiger partial charge is 0.292 e. The van der Waals surface area contributed by atoms with Gasteiger partial charge in [-0.25, -0.2) is 8.42 Å². The molecule has 3 aliphatic rings. The van der Waals surface area contributed by atoms with Crippen molar-refractivity contribution in [1.29, 1.82) is 0 Å². The summed E-state index contributed by atoms with van der Waals surface area (Å²) >= 11 is 0. The Morgan fingerprint density at radius 2 is 1.88 bits per heavy atom. The third-order valence-corrected chi connectivity index (χ3v) is 7.40. The summed E-state index contributed by atoms with van der Waals surface area (Å²) in [7, 11) is -3.13. The van der Waals surface area contributed by atoms with Gasteiger partial charge in [0.05, 0.1) is 17.5 Å². The molecule has 1 aromatic rings. The first-order chi connectivity index (χ1) is 12.4. The molecule has 9 heteroatoms. The van der Waals surface area contributed by atoms with Crippen LogP contribution in [0.5, 0.6) is 0 Å². The number of carbonyl (C=O) groups excluding carboxylic acids is 1. The second-order valence-corrected chi connectivity index (χ2v) is 10.3. The van der Waals surface area contributed by atoms with E-state index in [1.54, 1.807) is 4.90 Å². The zero-order chi connectivity index (χ0) is 18.5. The van der Waals surface area contributed by atoms with Crippen LogP contribution in [0.4, 0.5) is 0 Å². The highest BCUT2D eigenvalue weighted by Crippen LogP contribution is 2.29. The zero-order valence-electron chi connectivity index (χ0n) is 15.5. The molecule has 0 spiro atoms. The summed E-state index contributed by atoms with van der Waals surface area (Å²) in [5.74, 6) is 1.74. The SMILES string of the molecule is CC(C)CN1CCN(C(=O)c2nnc3n2CCCC3)[C@@H]2CS(=O)(=O)C[C@@H]21. The van der Waals surface area contributed by atoms with Gasteiger partial charge in [-0.15, -0.1) is 10.2 Å². The molecule has 0 saturated carbocycles. The third kappa shape index (κ3) is 3.15. The first-order valence-electron chi connectivity index (χ1n) is 9.53. The van der Waals surface area contributed by atoms with E-state index in [1.807, 2.05) is 4.57 Å². The highest BCUT2D eigenvalue weighted by atomic mass is 32.2. The lowest BCUT2D eigenvalue weighted by Gasteiger charge is -2.44. The summed E-state index contributed by atoms with van der Waals surface area (Å²) < 4.78 is 26.6. The molecule has 8 nitrogen and oxygen atoms in total. The molecule has 2 saturated heterocycles. The van der Waals surface area contributed by atoms with Crippen LogP contribution >= 0.6 is 0 Å². The van der Waals surface area contributed by atoms with Gasteiger partial charge in [-0.3, -0.25) is 9.69 Å². The van der Waals surface area contributed by atoms with Crippen molar-refractivity contribution in [2.75, 3.05) is 31.1 Å². The van der Waals surface area contributed by atoms with Crippen LogP contribution in [0.2, 0.25) is 0 Å². The first kappa shape index (κ1) is 17.9. The molecule has 0 unspecified atom stereocenters. The molecule has 0 N–H and O–H groups in total. The molecule has 2 atom stereocenters. The summed E-state index contributed by atoms with van der Waals surface area (Å²) in [4.78, 5) is 17.2. The fourth-order valence-corrected chi connectivity index (χ4v) is 6.58. The van der Waals surface area contributed by atoms with Crippen molar-refractivity contribution in [1.82, 2.24) is 24.6 Å². The van der Waals surface area contributed by atoms with Crippen molar-refractivity contribution in [3.8, 4) is 0 Å². The molecule has 3 aliphatic heterocycles. The number of piperazine rings is 1. The van der Waals surface area contributed by atoms with Gasteiger partial charge in [0.15, 0.2) is 9.84 Å². The number of hydrogen-bond acceptors (Lipinski definition) is 6. The molecule has 1 aromatic heterocycles. The average Bonchev–Trinajstić information content (AvgIpc) is 3.14. The Balaban J connectivity index is 1.61. The molecule has 0 bridgehead atoms. The molecular weight excluding hydrogens is 354 g/mol. The normalized spacial score (nSPS) is 28.2. The lowest BCUT2D eigenvalue weighted by molar-refractivity contribution is 0.0283. The number of amides is 1. The minimum Gasteiger partial charge on any atom is -0.329 e. The van der Waals surface area contributed by atoms with E-state index in [0.717, 1.165) is 38.2 Å². The maximum atomic E-state index is 13.2. The van der Waals surface area contributed by atoms with Gasteiger partial charge in [0.1, 0.15) is 5.82 Å². The van der Waals surface area contributed by atoms with Crippen LogP contribution in [0, 0.1) is 5.92 Å². The van der Waals surface area contributed by atoms with Gasteiger partial charge in [0.25, 0.3) is 5.91 Å². The Hall–Kier alpha value is -1.48. The summed E-state index contributed by atoms with van der Waals surface area (Å²) in [6, 6.07) is -0.389. The van der Waals surface area contributed by atoms with E-state index in [2.05, 4.69) is 28.9 Å². The second kappa shape index (κ2) is 6.60. The van der Waals surface area contributed by atoms with Crippen LogP contribution in [0.3, 0.4) is 0 Å². The van der Waals surface area contributed by atoms with Crippen molar-refractivity contribution < 1.29 is 13.2 Å². The summed E-state index contributed by atoms with van der Waals surface area (Å²) in [5.41, 5.74) is 0. The van der Waals surface area contributed by atoms with E-state index in [0.29, 0.717) is 24.8 Å². The van der Waals surface area contributed by atoms with Crippen molar-refractivity contribution in [3.05, 3.63) is 11.6 Å². The van der Waals surface area contributed by atoms with Crippen LogP contribution in [0.25, 0.3) is 0 Å². The van der Waals surface area contributed by atoms with Gasteiger partial charge in [0, 0.05) is 38.6 Å². The van der Waals surface area contributed by atoms with Crippen molar-refractivity contribution in [2.24, 2.45) is 5.92 Å². The highest BCUT2D eigenvalue weighted by Gasteiger charge is 2.48. The van der Waals surface area contributed by atoms with E-state index < -0.39 is 9.84 Å². The fourth-order valence-electron chi connectivity index (χ4n) is 4.57. The van der Waals surface area contributed by atoms with Gasteiger partial charge in [-0.05, 0) is 18.8 Å². The molecule has 4 rings (SSSR count). The predicted molar refractivity (Wildman–Crippen MR) is 96.6 cm³/mol. The minimum absolute atomic E-state index is 0.0546. The van der Waals surface area contributed by atoms with Crippen molar-refractivity contribution in [3.63, 3.8) is 0 Å². The maximum Gasteiger partial charge on any atom is 0.292 e. The van der Waals surface area contributed by atoms with E-state index in [9.17, 15) is 13.2 Å². The molecule has 144 valence electrons. The van der Waals surface area contributed by atoms with Gasteiger partial charge >= 0.3 is 0 Å². The first-order valence-corrected chi connectivity index (χ1v) is 11.4. The van der Waals surface area contributed by atoms with E-state index in [1.165, 1.54) is 0 Å². The number of nitrogens with zero attached hydrogens (tertiary/aromatic N) is 5. The Bertz CT molecular complexity index is 803. The van der Waals surface area contributed by atoms with Gasteiger partial charge < -0.3 is 9.47 Å². The van der Waals surface area contributed by atoms with Gasteiger partial charge in [-0.1, -0.05) is 13.8 Å². The Labute approximate surface area is 154 Å². The zero-order valence-corrected chi connectivity index (χ0v) is 16.3. The molecular formula is C17H27N5O3S.